The molecule has 13 nitrogen and oxygen atoms in total. The van der Waals surface area contributed by atoms with Gasteiger partial charge in [0.25, 0.3) is 0 Å². The van der Waals surface area contributed by atoms with E-state index in [1.54, 1.807) is 21.9 Å². The number of aldehydes is 1. The Hall–Kier alpha value is -4.33. The molecule has 6 rings (SSSR count). The predicted octanol–water partition coefficient (Wildman–Crippen LogP) is 8.33. The molecule has 2 amide bonds. The highest BCUT2D eigenvalue weighted by molar-refractivity contribution is 5.79. The molecule has 0 radical (unpaired) electrons. The van der Waals surface area contributed by atoms with E-state index < -0.39 is 46.3 Å². The van der Waals surface area contributed by atoms with Crippen LogP contribution in [0.25, 0.3) is 0 Å². The fourth-order valence-corrected chi connectivity index (χ4v) is 7.82. The third-order valence-electron chi connectivity index (χ3n) is 11.0. The van der Waals surface area contributed by atoms with Crippen molar-refractivity contribution in [3.63, 3.8) is 0 Å². The summed E-state index contributed by atoms with van der Waals surface area (Å²) in [5.74, 6) is 0. The van der Waals surface area contributed by atoms with Crippen LogP contribution >= 0.6 is 0 Å². The first-order valence-electron chi connectivity index (χ1n) is 22.0. The number of ether oxygens (including phenoxy) is 4. The number of benzene rings is 2. The van der Waals surface area contributed by atoms with E-state index in [2.05, 4.69) is 5.32 Å². The second kappa shape index (κ2) is 21.5. The van der Waals surface area contributed by atoms with E-state index in [9.17, 15) is 40.7 Å². The highest BCUT2D eigenvalue weighted by Crippen LogP contribution is 2.37. The Morgan fingerprint density at radius 1 is 0.662 bits per heavy atom. The number of piperazine rings is 2. The largest absolute Gasteiger partial charge is 0.444 e. The third kappa shape index (κ3) is 15.9. The molecule has 0 unspecified atom stereocenters. The minimum atomic E-state index is -4.52. The number of carbonyl (C=O) groups excluding carboxylic acids is 3. The molecule has 0 atom stereocenters. The van der Waals surface area contributed by atoms with Gasteiger partial charge in [0.15, 0.2) is 6.29 Å². The number of alkyl halides is 6. The summed E-state index contributed by atoms with van der Waals surface area (Å²) in [6, 6.07) is 8.36. The average Bonchev–Trinajstić information content (AvgIpc) is 3.19. The van der Waals surface area contributed by atoms with Crippen LogP contribution in [0.2, 0.25) is 0 Å². The van der Waals surface area contributed by atoms with Crippen LogP contribution in [0.15, 0.2) is 36.4 Å². The zero-order valence-corrected chi connectivity index (χ0v) is 39.5. The lowest BCUT2D eigenvalue weighted by atomic mass is 9.97. The van der Waals surface area contributed by atoms with E-state index in [1.165, 1.54) is 18.2 Å². The van der Waals surface area contributed by atoms with Crippen LogP contribution in [0.3, 0.4) is 0 Å². The predicted molar refractivity (Wildman–Crippen MR) is 237 cm³/mol. The number of nitrogens with zero attached hydrogens (tertiary/aromatic N) is 5. The van der Waals surface area contributed by atoms with E-state index >= 15 is 0 Å². The van der Waals surface area contributed by atoms with E-state index in [0.717, 1.165) is 19.2 Å². The second-order valence-corrected chi connectivity index (χ2v) is 19.7. The summed E-state index contributed by atoms with van der Waals surface area (Å²) in [5.41, 5.74) is -2.29. The molecule has 0 spiro atoms. The summed E-state index contributed by atoms with van der Waals surface area (Å²) in [6.07, 6.45) is -9.34. The van der Waals surface area contributed by atoms with Crippen molar-refractivity contribution in [3.05, 3.63) is 58.7 Å². The maximum absolute atomic E-state index is 13.9. The molecule has 4 heterocycles. The van der Waals surface area contributed by atoms with Crippen molar-refractivity contribution in [3.8, 4) is 0 Å². The molecule has 4 saturated heterocycles. The number of hydrogen-bond donors (Lipinski definition) is 1. The zero-order chi connectivity index (χ0) is 48.6. The lowest BCUT2D eigenvalue weighted by molar-refractivity contribution is -0.139. The van der Waals surface area contributed by atoms with Gasteiger partial charge in [-0.15, -0.1) is 0 Å². The van der Waals surface area contributed by atoms with Gasteiger partial charge in [-0.1, -0.05) is 6.07 Å². The molecular formula is C46H68F6N6O7. The molecule has 4 aliphatic heterocycles. The topological polar surface area (TPSA) is 116 Å². The number of morpholine rings is 2. The Morgan fingerprint density at radius 3 is 1.55 bits per heavy atom. The van der Waals surface area contributed by atoms with Crippen LogP contribution in [0, 0.1) is 0 Å². The Kier molecular flexibility index (Phi) is 17.7. The van der Waals surface area contributed by atoms with Crippen molar-refractivity contribution in [2.24, 2.45) is 0 Å². The Bertz CT molecular complexity index is 1900. The molecule has 366 valence electrons. The standard InChI is InChI=1S/C23H34F3N3O3.C12H12F3NO2.C11H22N2O2/c1-21(2,3)32-20(30)29-9-8-27(16-22(29,4)5)15-17-6-7-18(14-19(17)23(24,25)26)28-10-12-31-13-11-28;13-12(14,15)11-7-10(2-1-9(11)8-17)16-3-5-18-6-4-16;1-10(2,3)15-9(14)13-7-6-12-8-11(13,4)5/h6-7,14H,8-13,15-16H2,1-5H3;1-2,7-8H,3-6H2;12H,6-8H2,1-5H3. The summed E-state index contributed by atoms with van der Waals surface area (Å²) in [4.78, 5) is 44.3. The maximum atomic E-state index is 13.9. The average molecular weight is 931 g/mol. The van der Waals surface area contributed by atoms with Crippen LogP contribution in [-0.4, -0.2) is 147 Å². The molecule has 0 saturated carbocycles. The van der Waals surface area contributed by atoms with Gasteiger partial charge in [0.2, 0.25) is 0 Å². The van der Waals surface area contributed by atoms with Gasteiger partial charge in [-0.2, -0.15) is 26.3 Å². The van der Waals surface area contributed by atoms with Crippen molar-refractivity contribution in [2.75, 3.05) is 102 Å². The van der Waals surface area contributed by atoms with Crippen molar-refractivity contribution >= 4 is 29.8 Å². The van der Waals surface area contributed by atoms with Crippen LogP contribution in [0.1, 0.15) is 96.3 Å². The van der Waals surface area contributed by atoms with Crippen molar-refractivity contribution in [1.82, 2.24) is 20.0 Å². The molecule has 2 aromatic carbocycles. The minimum Gasteiger partial charge on any atom is -0.444 e. The summed E-state index contributed by atoms with van der Waals surface area (Å²) in [7, 11) is 0. The number of rotatable bonds is 5. The van der Waals surface area contributed by atoms with Gasteiger partial charge >= 0.3 is 24.5 Å². The molecule has 0 aromatic heterocycles. The molecule has 2 aromatic rings. The normalized spacial score (nSPS) is 19.6. The SMILES string of the molecule is CC(C)(C)OC(=O)N1CCN(Cc2ccc(N3CCOCC3)cc2C(F)(F)F)CC1(C)C.CC(C)(C)OC(=O)N1CCNCC1(C)C.O=Cc1ccc(N2CCOCC2)cc1C(F)(F)F. The molecule has 65 heavy (non-hydrogen) atoms. The summed E-state index contributed by atoms with van der Waals surface area (Å²) in [6.45, 7) is 27.2. The Morgan fingerprint density at radius 2 is 1.12 bits per heavy atom. The lowest BCUT2D eigenvalue weighted by Crippen LogP contribution is -2.61. The molecule has 4 aliphatic rings. The van der Waals surface area contributed by atoms with E-state index in [-0.39, 0.29) is 35.6 Å². The van der Waals surface area contributed by atoms with Gasteiger partial charge in [-0.05, 0) is 105 Å². The zero-order valence-electron chi connectivity index (χ0n) is 39.5. The summed E-state index contributed by atoms with van der Waals surface area (Å²) < 4.78 is 101. The molecule has 0 bridgehead atoms. The summed E-state index contributed by atoms with van der Waals surface area (Å²) >= 11 is 0. The van der Waals surface area contributed by atoms with Crippen LogP contribution in [0.4, 0.5) is 47.3 Å². The van der Waals surface area contributed by atoms with Crippen molar-refractivity contribution in [2.45, 2.75) is 110 Å². The molecular weight excluding hydrogens is 863 g/mol. The fraction of sp³-hybridized carbons (Fsp3) is 0.674. The van der Waals surface area contributed by atoms with Gasteiger partial charge in [0.1, 0.15) is 11.2 Å². The van der Waals surface area contributed by atoms with Gasteiger partial charge in [-0.25, -0.2) is 9.59 Å². The van der Waals surface area contributed by atoms with Gasteiger partial charge in [-0.3, -0.25) is 9.69 Å². The molecule has 19 heteroatoms. The van der Waals surface area contributed by atoms with E-state index in [1.807, 2.05) is 83.9 Å². The lowest BCUT2D eigenvalue weighted by Gasteiger charge is -2.47. The Labute approximate surface area is 379 Å². The maximum Gasteiger partial charge on any atom is 0.417 e. The number of amides is 2. The van der Waals surface area contributed by atoms with Crippen LogP contribution in [0.5, 0.6) is 0 Å². The van der Waals surface area contributed by atoms with Crippen LogP contribution < -0.4 is 15.1 Å². The molecule has 1 N–H and O–H groups in total. The van der Waals surface area contributed by atoms with Crippen LogP contribution in [-0.2, 0) is 37.8 Å². The first kappa shape index (κ1) is 53.3. The molecule has 4 fully saturated rings. The Balaban J connectivity index is 0.000000236. The number of anilines is 2. The minimum absolute atomic E-state index is 0.166. The second-order valence-electron chi connectivity index (χ2n) is 19.7. The highest BCUT2D eigenvalue weighted by atomic mass is 19.4. The van der Waals surface area contributed by atoms with Gasteiger partial charge < -0.3 is 43.9 Å². The number of carbonyl (C=O) groups is 3. The van der Waals surface area contributed by atoms with E-state index in [4.69, 9.17) is 18.9 Å². The van der Waals surface area contributed by atoms with Gasteiger partial charge in [0, 0.05) is 88.9 Å². The number of nitrogens with one attached hydrogen (secondary N) is 1. The van der Waals surface area contributed by atoms with Gasteiger partial charge in [0.05, 0.1) is 48.6 Å². The first-order chi connectivity index (χ1) is 30.0. The number of halogens is 6. The monoisotopic (exact) mass is 931 g/mol. The summed E-state index contributed by atoms with van der Waals surface area (Å²) in [5, 5.41) is 3.27. The van der Waals surface area contributed by atoms with E-state index in [0.29, 0.717) is 90.2 Å². The fourth-order valence-electron chi connectivity index (χ4n) is 7.82. The highest BCUT2D eigenvalue weighted by Gasteiger charge is 2.41. The first-order valence-corrected chi connectivity index (χ1v) is 22.0. The quantitative estimate of drug-likeness (QED) is 0.231. The van der Waals surface area contributed by atoms with Crippen molar-refractivity contribution < 1.29 is 59.7 Å². The number of hydrogen-bond acceptors (Lipinski definition) is 11. The van der Waals surface area contributed by atoms with Crippen molar-refractivity contribution in [1.29, 1.82) is 0 Å². The molecule has 0 aliphatic carbocycles. The smallest absolute Gasteiger partial charge is 0.417 e. The third-order valence-corrected chi connectivity index (χ3v) is 11.0.